The molecule has 0 aliphatic heterocycles. The fourth-order valence-electron chi connectivity index (χ4n) is 1.49. The molecule has 1 aromatic rings. The minimum Gasteiger partial charge on any atom is -0.394 e. The zero-order chi connectivity index (χ0) is 11.8. The van der Waals surface area contributed by atoms with E-state index in [-0.39, 0.29) is 12.7 Å². The SMILES string of the molecule is COCc1ccc(C(CN)OCCO)cc1. The summed E-state index contributed by atoms with van der Waals surface area (Å²) < 4.78 is 10.5. The Balaban J connectivity index is 2.62. The number of aliphatic hydroxyl groups excluding tert-OH is 1. The van der Waals surface area contributed by atoms with Crippen molar-refractivity contribution in [1.29, 1.82) is 0 Å². The monoisotopic (exact) mass is 225 g/mol. The van der Waals surface area contributed by atoms with Crippen LogP contribution in [0, 0.1) is 0 Å². The average Bonchev–Trinajstić information content (AvgIpc) is 2.32. The maximum atomic E-state index is 8.69. The van der Waals surface area contributed by atoms with Gasteiger partial charge in [-0.25, -0.2) is 0 Å². The maximum absolute atomic E-state index is 8.69. The molecule has 0 spiro atoms. The van der Waals surface area contributed by atoms with E-state index < -0.39 is 0 Å². The van der Waals surface area contributed by atoms with Crippen molar-refractivity contribution in [2.75, 3.05) is 26.9 Å². The van der Waals surface area contributed by atoms with E-state index in [0.29, 0.717) is 19.8 Å². The molecule has 16 heavy (non-hydrogen) atoms. The molecule has 1 rings (SSSR count). The van der Waals surface area contributed by atoms with Gasteiger partial charge in [0.05, 0.1) is 25.9 Å². The second-order valence-electron chi connectivity index (χ2n) is 3.49. The summed E-state index contributed by atoms with van der Waals surface area (Å²) in [5, 5.41) is 8.69. The molecule has 0 amide bonds. The molecule has 0 aromatic heterocycles. The topological polar surface area (TPSA) is 64.7 Å². The number of aliphatic hydroxyl groups is 1. The fraction of sp³-hybridized carbons (Fsp3) is 0.500. The van der Waals surface area contributed by atoms with Gasteiger partial charge in [0, 0.05) is 13.7 Å². The summed E-state index contributed by atoms with van der Waals surface area (Å²) in [6.45, 7) is 1.33. The van der Waals surface area contributed by atoms with E-state index in [9.17, 15) is 0 Å². The Morgan fingerprint density at radius 2 is 2.00 bits per heavy atom. The van der Waals surface area contributed by atoms with Gasteiger partial charge in [0.2, 0.25) is 0 Å². The van der Waals surface area contributed by atoms with Crippen LogP contribution in [0.4, 0.5) is 0 Å². The summed E-state index contributed by atoms with van der Waals surface area (Å²) in [4.78, 5) is 0. The Kier molecular flexibility index (Phi) is 6.03. The van der Waals surface area contributed by atoms with E-state index in [0.717, 1.165) is 11.1 Å². The Labute approximate surface area is 96.0 Å². The Hall–Kier alpha value is -0.940. The highest BCUT2D eigenvalue weighted by Crippen LogP contribution is 2.17. The van der Waals surface area contributed by atoms with Gasteiger partial charge in [-0.05, 0) is 11.1 Å². The first-order valence-corrected chi connectivity index (χ1v) is 5.32. The standard InChI is InChI=1S/C12H19NO3/c1-15-9-10-2-4-11(5-3-10)12(8-13)16-7-6-14/h2-5,12,14H,6-9,13H2,1H3. The van der Waals surface area contributed by atoms with E-state index in [1.807, 2.05) is 24.3 Å². The van der Waals surface area contributed by atoms with Gasteiger partial charge in [0.25, 0.3) is 0 Å². The van der Waals surface area contributed by atoms with Gasteiger partial charge in [-0.15, -0.1) is 0 Å². The van der Waals surface area contributed by atoms with Gasteiger partial charge in [-0.1, -0.05) is 24.3 Å². The summed E-state index contributed by atoms with van der Waals surface area (Å²) in [5.41, 5.74) is 7.75. The van der Waals surface area contributed by atoms with Crippen LogP contribution in [0.2, 0.25) is 0 Å². The van der Waals surface area contributed by atoms with Crippen LogP contribution in [-0.4, -0.2) is 32.0 Å². The highest BCUT2D eigenvalue weighted by molar-refractivity contribution is 5.24. The predicted octanol–water partition coefficient (Wildman–Crippen LogP) is 0.842. The Bertz CT molecular complexity index is 287. The summed E-state index contributed by atoms with van der Waals surface area (Å²) in [6, 6.07) is 7.93. The van der Waals surface area contributed by atoms with Gasteiger partial charge in [-0.2, -0.15) is 0 Å². The number of hydrogen-bond donors (Lipinski definition) is 2. The van der Waals surface area contributed by atoms with Crippen LogP contribution in [0.5, 0.6) is 0 Å². The summed E-state index contributed by atoms with van der Waals surface area (Å²) >= 11 is 0. The lowest BCUT2D eigenvalue weighted by atomic mass is 10.1. The van der Waals surface area contributed by atoms with Crippen LogP contribution < -0.4 is 5.73 Å². The molecule has 0 radical (unpaired) electrons. The van der Waals surface area contributed by atoms with Gasteiger partial charge in [-0.3, -0.25) is 0 Å². The highest BCUT2D eigenvalue weighted by atomic mass is 16.5. The zero-order valence-electron chi connectivity index (χ0n) is 9.56. The predicted molar refractivity (Wildman–Crippen MR) is 62.0 cm³/mol. The normalized spacial score (nSPS) is 12.7. The van der Waals surface area contributed by atoms with E-state index in [2.05, 4.69) is 0 Å². The van der Waals surface area contributed by atoms with Crippen LogP contribution >= 0.6 is 0 Å². The van der Waals surface area contributed by atoms with E-state index in [1.54, 1.807) is 7.11 Å². The van der Waals surface area contributed by atoms with Crippen molar-refractivity contribution >= 4 is 0 Å². The lowest BCUT2D eigenvalue weighted by Gasteiger charge is -2.16. The minimum absolute atomic E-state index is 0.0122. The lowest BCUT2D eigenvalue weighted by Crippen LogP contribution is -2.17. The number of rotatable bonds is 7. The number of nitrogens with two attached hydrogens (primary N) is 1. The molecule has 0 aliphatic carbocycles. The number of ether oxygens (including phenoxy) is 2. The number of methoxy groups -OCH3 is 1. The highest BCUT2D eigenvalue weighted by Gasteiger charge is 2.09. The molecule has 0 fully saturated rings. The molecule has 4 nitrogen and oxygen atoms in total. The average molecular weight is 225 g/mol. The van der Waals surface area contributed by atoms with Crippen molar-refractivity contribution in [1.82, 2.24) is 0 Å². The first-order valence-electron chi connectivity index (χ1n) is 5.32. The first kappa shape index (κ1) is 13.1. The van der Waals surface area contributed by atoms with Crippen LogP contribution in [0.3, 0.4) is 0 Å². The number of benzene rings is 1. The molecule has 1 aromatic carbocycles. The molecule has 1 unspecified atom stereocenters. The van der Waals surface area contributed by atoms with E-state index in [4.69, 9.17) is 20.3 Å². The fourth-order valence-corrected chi connectivity index (χ4v) is 1.49. The smallest absolute Gasteiger partial charge is 0.0948 e. The van der Waals surface area contributed by atoms with Gasteiger partial charge >= 0.3 is 0 Å². The third kappa shape index (κ3) is 3.90. The van der Waals surface area contributed by atoms with Crippen molar-refractivity contribution in [2.45, 2.75) is 12.7 Å². The van der Waals surface area contributed by atoms with Crippen molar-refractivity contribution in [3.8, 4) is 0 Å². The Morgan fingerprint density at radius 1 is 1.31 bits per heavy atom. The molecule has 0 saturated carbocycles. The van der Waals surface area contributed by atoms with Crippen molar-refractivity contribution in [2.24, 2.45) is 5.73 Å². The van der Waals surface area contributed by atoms with Crippen LogP contribution in [-0.2, 0) is 16.1 Å². The van der Waals surface area contributed by atoms with Crippen molar-refractivity contribution < 1.29 is 14.6 Å². The zero-order valence-corrected chi connectivity index (χ0v) is 9.56. The van der Waals surface area contributed by atoms with Gasteiger partial charge < -0.3 is 20.3 Å². The third-order valence-electron chi connectivity index (χ3n) is 2.29. The molecule has 4 heteroatoms. The van der Waals surface area contributed by atoms with E-state index in [1.165, 1.54) is 0 Å². The number of hydrogen-bond acceptors (Lipinski definition) is 4. The molecule has 3 N–H and O–H groups in total. The molecule has 0 aliphatic rings. The second-order valence-corrected chi connectivity index (χ2v) is 3.49. The lowest BCUT2D eigenvalue weighted by molar-refractivity contribution is 0.0328. The van der Waals surface area contributed by atoms with Gasteiger partial charge in [0.15, 0.2) is 0 Å². The van der Waals surface area contributed by atoms with Crippen LogP contribution in [0.25, 0.3) is 0 Å². The molecule has 0 heterocycles. The third-order valence-corrected chi connectivity index (χ3v) is 2.29. The van der Waals surface area contributed by atoms with E-state index >= 15 is 0 Å². The maximum Gasteiger partial charge on any atom is 0.0948 e. The first-order chi connectivity index (χ1) is 7.81. The van der Waals surface area contributed by atoms with Gasteiger partial charge in [0.1, 0.15) is 0 Å². The molecule has 0 saturated heterocycles. The largest absolute Gasteiger partial charge is 0.394 e. The molecular formula is C12H19NO3. The van der Waals surface area contributed by atoms with Crippen LogP contribution in [0.15, 0.2) is 24.3 Å². The summed E-state index contributed by atoms with van der Waals surface area (Å²) in [5.74, 6) is 0. The summed E-state index contributed by atoms with van der Waals surface area (Å²) in [7, 11) is 1.67. The van der Waals surface area contributed by atoms with Crippen molar-refractivity contribution in [3.05, 3.63) is 35.4 Å². The molecule has 0 bridgehead atoms. The molecule has 1 atom stereocenters. The molecule has 90 valence electrons. The Morgan fingerprint density at radius 3 is 2.50 bits per heavy atom. The van der Waals surface area contributed by atoms with Crippen molar-refractivity contribution in [3.63, 3.8) is 0 Å². The molecular weight excluding hydrogens is 206 g/mol. The minimum atomic E-state index is -0.149. The second kappa shape index (κ2) is 7.35. The quantitative estimate of drug-likeness (QED) is 0.721. The van der Waals surface area contributed by atoms with Crippen LogP contribution in [0.1, 0.15) is 17.2 Å². The summed E-state index contributed by atoms with van der Waals surface area (Å²) in [6.07, 6.45) is -0.149.